The Kier molecular flexibility index (Phi) is 4.37. The van der Waals surface area contributed by atoms with Gasteiger partial charge in [0.15, 0.2) is 5.43 Å². The van der Waals surface area contributed by atoms with Gasteiger partial charge >= 0.3 is 6.09 Å². The molecule has 1 heterocycles. The Morgan fingerprint density at radius 2 is 1.62 bits per heavy atom. The molecule has 0 aliphatic carbocycles. The quantitative estimate of drug-likeness (QED) is 0.513. The second-order valence-electron chi connectivity index (χ2n) is 5.83. The first kappa shape index (κ1) is 16.3. The summed E-state index contributed by atoms with van der Waals surface area (Å²) >= 11 is 1.56. The van der Waals surface area contributed by atoms with Crippen LogP contribution in [0.15, 0.2) is 77.6 Å². The minimum atomic E-state index is -0.551. The lowest BCUT2D eigenvalue weighted by molar-refractivity contribution is 0.155. The third kappa shape index (κ3) is 3.30. The van der Waals surface area contributed by atoms with Crippen LogP contribution in [0.25, 0.3) is 20.2 Å². The molecular weight excluding hydrogens is 346 g/mol. The van der Waals surface area contributed by atoms with E-state index in [4.69, 9.17) is 4.74 Å². The third-order valence-corrected chi connectivity index (χ3v) is 5.19. The number of hydrogen-bond donors (Lipinski definition) is 1. The van der Waals surface area contributed by atoms with Gasteiger partial charge in [-0.25, -0.2) is 4.79 Å². The molecule has 1 aromatic heterocycles. The fourth-order valence-electron chi connectivity index (χ4n) is 2.76. The molecule has 0 bridgehead atoms. The number of carbonyl (C=O) groups is 1. The Morgan fingerprint density at radius 3 is 2.46 bits per heavy atom. The first-order chi connectivity index (χ1) is 12.7. The van der Waals surface area contributed by atoms with Crippen LogP contribution in [0.1, 0.15) is 5.56 Å². The molecule has 0 fully saturated rings. The molecule has 0 aliphatic rings. The van der Waals surface area contributed by atoms with Crippen LogP contribution in [-0.4, -0.2) is 6.09 Å². The van der Waals surface area contributed by atoms with E-state index in [1.165, 1.54) is 0 Å². The second-order valence-corrected chi connectivity index (χ2v) is 6.91. The van der Waals surface area contributed by atoms with Crippen LogP contribution in [-0.2, 0) is 11.3 Å². The number of rotatable bonds is 3. The largest absolute Gasteiger partial charge is 0.444 e. The van der Waals surface area contributed by atoms with Crippen molar-refractivity contribution >= 4 is 43.3 Å². The van der Waals surface area contributed by atoms with E-state index in [-0.39, 0.29) is 12.0 Å². The molecule has 4 rings (SSSR count). The fourth-order valence-corrected chi connectivity index (χ4v) is 3.81. The van der Waals surface area contributed by atoms with Crippen molar-refractivity contribution < 1.29 is 9.53 Å². The maximum atomic E-state index is 12.7. The standard InChI is InChI=1S/C21H15NO3S/c23-20-16-8-4-5-9-18(16)26-19-11-10-15(12-17(19)20)22-21(24)25-13-14-6-2-1-3-7-14/h1-12H,13H2,(H,22,24). The summed E-state index contributed by atoms with van der Waals surface area (Å²) in [5.41, 5.74) is 1.42. The normalized spacial score (nSPS) is 10.8. The maximum absolute atomic E-state index is 12.7. The van der Waals surface area contributed by atoms with Crippen LogP contribution in [0, 0.1) is 0 Å². The predicted octanol–water partition coefficient (Wildman–Crippen LogP) is 5.16. The molecule has 1 amide bonds. The Balaban J connectivity index is 1.57. The van der Waals surface area contributed by atoms with Crippen molar-refractivity contribution in [1.82, 2.24) is 0 Å². The summed E-state index contributed by atoms with van der Waals surface area (Å²) in [5, 5.41) is 3.97. The molecule has 4 aromatic rings. The van der Waals surface area contributed by atoms with Crippen LogP contribution in [0.5, 0.6) is 0 Å². The van der Waals surface area contributed by atoms with Gasteiger partial charge in [0.1, 0.15) is 6.61 Å². The highest BCUT2D eigenvalue weighted by Crippen LogP contribution is 2.26. The lowest BCUT2D eigenvalue weighted by Crippen LogP contribution is -2.13. The lowest BCUT2D eigenvalue weighted by Gasteiger charge is -2.08. The summed E-state index contributed by atoms with van der Waals surface area (Å²) in [4.78, 5) is 24.7. The zero-order chi connectivity index (χ0) is 17.9. The number of hydrogen-bond acceptors (Lipinski definition) is 4. The highest BCUT2D eigenvalue weighted by atomic mass is 32.1. The van der Waals surface area contributed by atoms with Crippen LogP contribution >= 0.6 is 11.3 Å². The minimum absolute atomic E-state index is 0.0318. The Hall–Kier alpha value is -3.18. The topological polar surface area (TPSA) is 55.4 Å². The first-order valence-electron chi connectivity index (χ1n) is 8.14. The molecule has 4 nitrogen and oxygen atoms in total. The summed E-state index contributed by atoms with van der Waals surface area (Å²) in [6, 6.07) is 22.3. The number of amides is 1. The molecule has 0 aliphatic heterocycles. The van der Waals surface area contributed by atoms with Gasteiger partial charge in [-0.3, -0.25) is 10.1 Å². The molecule has 3 aromatic carbocycles. The number of fused-ring (bicyclic) bond motifs is 2. The van der Waals surface area contributed by atoms with Gasteiger partial charge in [-0.15, -0.1) is 11.3 Å². The van der Waals surface area contributed by atoms with Crippen molar-refractivity contribution in [2.75, 3.05) is 5.32 Å². The van der Waals surface area contributed by atoms with Gasteiger partial charge in [0, 0.05) is 25.9 Å². The zero-order valence-corrected chi connectivity index (χ0v) is 14.6. The predicted molar refractivity (Wildman–Crippen MR) is 106 cm³/mol. The fraction of sp³-hybridized carbons (Fsp3) is 0.0476. The average molecular weight is 361 g/mol. The van der Waals surface area contributed by atoms with E-state index in [9.17, 15) is 9.59 Å². The van der Waals surface area contributed by atoms with Crippen molar-refractivity contribution in [2.24, 2.45) is 0 Å². The summed E-state index contributed by atoms with van der Waals surface area (Å²) in [6.45, 7) is 0.194. The molecule has 0 atom stereocenters. The SMILES string of the molecule is O=C(Nc1ccc2sc3ccccc3c(=O)c2c1)OCc1ccccc1. The molecule has 0 saturated carbocycles. The molecular formula is C21H15NO3S. The van der Waals surface area contributed by atoms with Crippen molar-refractivity contribution in [3.05, 3.63) is 88.6 Å². The Morgan fingerprint density at radius 1 is 0.885 bits per heavy atom. The van der Waals surface area contributed by atoms with Crippen LogP contribution in [0.2, 0.25) is 0 Å². The van der Waals surface area contributed by atoms with Crippen molar-refractivity contribution in [3.8, 4) is 0 Å². The molecule has 0 radical (unpaired) electrons. The summed E-state index contributed by atoms with van der Waals surface area (Å²) in [7, 11) is 0. The van der Waals surface area contributed by atoms with E-state index in [1.54, 1.807) is 23.5 Å². The van der Waals surface area contributed by atoms with Crippen LogP contribution in [0.4, 0.5) is 10.5 Å². The number of carbonyl (C=O) groups excluding carboxylic acids is 1. The van der Waals surface area contributed by atoms with Crippen molar-refractivity contribution in [2.45, 2.75) is 6.61 Å². The Bertz CT molecular complexity index is 1150. The molecule has 1 N–H and O–H groups in total. The minimum Gasteiger partial charge on any atom is -0.444 e. The van der Waals surface area contributed by atoms with E-state index >= 15 is 0 Å². The molecule has 0 spiro atoms. The molecule has 5 heteroatoms. The number of ether oxygens (including phenoxy) is 1. The maximum Gasteiger partial charge on any atom is 0.411 e. The van der Waals surface area contributed by atoms with Gasteiger partial charge in [0.2, 0.25) is 0 Å². The van der Waals surface area contributed by atoms with Gasteiger partial charge in [-0.1, -0.05) is 42.5 Å². The lowest BCUT2D eigenvalue weighted by atomic mass is 10.1. The second kappa shape index (κ2) is 6.98. The van der Waals surface area contributed by atoms with Gasteiger partial charge in [0.25, 0.3) is 0 Å². The van der Waals surface area contributed by atoms with Gasteiger partial charge in [-0.2, -0.15) is 0 Å². The van der Waals surface area contributed by atoms with Gasteiger partial charge < -0.3 is 4.74 Å². The smallest absolute Gasteiger partial charge is 0.411 e. The van der Waals surface area contributed by atoms with Crippen LogP contribution in [0.3, 0.4) is 0 Å². The van der Waals surface area contributed by atoms with E-state index in [2.05, 4.69) is 5.32 Å². The summed E-state index contributed by atoms with van der Waals surface area (Å²) in [6.07, 6.45) is -0.551. The van der Waals surface area contributed by atoms with E-state index in [0.29, 0.717) is 16.5 Å². The van der Waals surface area contributed by atoms with Gasteiger partial charge in [-0.05, 0) is 35.9 Å². The number of anilines is 1. The Labute approximate surface area is 153 Å². The molecule has 128 valence electrons. The zero-order valence-electron chi connectivity index (χ0n) is 13.8. The average Bonchev–Trinajstić information content (AvgIpc) is 2.68. The number of benzene rings is 3. The third-order valence-electron chi connectivity index (χ3n) is 4.03. The molecule has 0 saturated heterocycles. The summed E-state index contributed by atoms with van der Waals surface area (Å²) in [5.74, 6) is 0. The van der Waals surface area contributed by atoms with Crippen molar-refractivity contribution in [1.29, 1.82) is 0 Å². The van der Waals surface area contributed by atoms with E-state index < -0.39 is 6.09 Å². The van der Waals surface area contributed by atoms with E-state index in [1.807, 2.05) is 60.7 Å². The highest BCUT2D eigenvalue weighted by Gasteiger charge is 2.09. The number of nitrogens with one attached hydrogen (secondary N) is 1. The van der Waals surface area contributed by atoms with Gasteiger partial charge in [0.05, 0.1) is 0 Å². The van der Waals surface area contributed by atoms with Crippen LogP contribution < -0.4 is 10.7 Å². The molecule has 0 unspecified atom stereocenters. The summed E-state index contributed by atoms with van der Waals surface area (Å²) < 4.78 is 7.06. The van der Waals surface area contributed by atoms with Crippen molar-refractivity contribution in [3.63, 3.8) is 0 Å². The highest BCUT2D eigenvalue weighted by molar-refractivity contribution is 7.24. The monoisotopic (exact) mass is 361 g/mol. The molecule has 26 heavy (non-hydrogen) atoms. The first-order valence-corrected chi connectivity index (χ1v) is 8.96. The van der Waals surface area contributed by atoms with E-state index in [0.717, 1.165) is 15.0 Å².